The maximum absolute atomic E-state index is 12.8. The van der Waals surface area contributed by atoms with Gasteiger partial charge >= 0.3 is 0 Å². The molecule has 4 heterocycles. The van der Waals surface area contributed by atoms with Gasteiger partial charge in [-0.15, -0.1) is 11.3 Å². The number of pyridine rings is 1. The van der Waals surface area contributed by atoms with E-state index in [0.717, 1.165) is 35.3 Å². The molecule has 3 aromatic heterocycles. The zero-order valence-corrected chi connectivity index (χ0v) is 15.9. The molecular weight excluding hydrogens is 360 g/mol. The molecule has 1 aliphatic heterocycles. The summed E-state index contributed by atoms with van der Waals surface area (Å²) in [5, 5.41) is 11.6. The van der Waals surface area contributed by atoms with E-state index < -0.39 is 0 Å². The Hall–Kier alpha value is -2.58. The molecule has 1 amide bonds. The Balaban J connectivity index is 1.54. The minimum absolute atomic E-state index is 0.0686. The summed E-state index contributed by atoms with van der Waals surface area (Å²) in [7, 11) is 0. The van der Waals surface area contributed by atoms with Crippen LogP contribution < -0.4 is 16.0 Å². The second-order valence-corrected chi connectivity index (χ2v) is 7.57. The Morgan fingerprint density at radius 2 is 2.30 bits per heavy atom. The normalized spacial score (nSPS) is 17.7. The molecule has 0 bridgehead atoms. The van der Waals surface area contributed by atoms with Gasteiger partial charge in [-0.1, -0.05) is 6.07 Å². The molecule has 0 aromatic carbocycles. The van der Waals surface area contributed by atoms with Crippen molar-refractivity contribution in [3.63, 3.8) is 0 Å². The van der Waals surface area contributed by atoms with E-state index in [9.17, 15) is 4.79 Å². The highest BCUT2D eigenvalue weighted by atomic mass is 32.1. The van der Waals surface area contributed by atoms with E-state index in [1.54, 1.807) is 6.20 Å². The van der Waals surface area contributed by atoms with Crippen molar-refractivity contribution < 1.29 is 4.79 Å². The van der Waals surface area contributed by atoms with Gasteiger partial charge in [-0.3, -0.25) is 9.78 Å². The lowest BCUT2D eigenvalue weighted by Crippen LogP contribution is -2.37. The number of carbonyl (C=O) groups is 1. The third-order valence-corrected chi connectivity index (χ3v) is 5.58. The molecule has 140 valence electrons. The van der Waals surface area contributed by atoms with E-state index in [4.69, 9.17) is 0 Å². The van der Waals surface area contributed by atoms with Crippen molar-refractivity contribution in [3.8, 4) is 0 Å². The number of nitrogens with one attached hydrogen (secondary N) is 3. The van der Waals surface area contributed by atoms with Crippen LogP contribution >= 0.6 is 11.3 Å². The number of amides is 1. The largest absolute Gasteiger partial charge is 0.349 e. The second kappa shape index (κ2) is 7.98. The van der Waals surface area contributed by atoms with E-state index in [1.807, 2.05) is 36.6 Å². The maximum atomic E-state index is 12.8. The van der Waals surface area contributed by atoms with Crippen molar-refractivity contribution in [1.29, 1.82) is 0 Å². The van der Waals surface area contributed by atoms with Crippen molar-refractivity contribution in [2.75, 3.05) is 18.4 Å². The highest BCUT2D eigenvalue weighted by Gasteiger charge is 2.20. The first-order valence-electron chi connectivity index (χ1n) is 9.15. The number of hydrogen-bond donors (Lipinski definition) is 3. The zero-order chi connectivity index (χ0) is 18.6. The van der Waals surface area contributed by atoms with E-state index in [2.05, 4.69) is 30.9 Å². The highest BCUT2D eigenvalue weighted by Crippen LogP contribution is 2.25. The predicted molar refractivity (Wildman–Crippen MR) is 107 cm³/mol. The van der Waals surface area contributed by atoms with Crippen LogP contribution in [0.3, 0.4) is 0 Å². The minimum atomic E-state index is -0.160. The van der Waals surface area contributed by atoms with Crippen LogP contribution in [0.1, 0.15) is 42.0 Å². The molecule has 4 rings (SSSR count). The number of rotatable bonds is 6. The van der Waals surface area contributed by atoms with Gasteiger partial charge in [0.25, 0.3) is 5.91 Å². The van der Waals surface area contributed by atoms with Crippen molar-refractivity contribution in [2.24, 2.45) is 0 Å². The Labute approximate surface area is 161 Å². The summed E-state index contributed by atoms with van der Waals surface area (Å²) in [5.74, 6) is 0.273. The Bertz CT molecular complexity index is 922. The van der Waals surface area contributed by atoms with Crippen LogP contribution in [0.15, 0.2) is 35.8 Å². The molecule has 0 saturated carbocycles. The van der Waals surface area contributed by atoms with Crippen molar-refractivity contribution >= 4 is 33.4 Å². The lowest BCUT2D eigenvalue weighted by atomic mass is 10.2. The number of hydrogen-bond acceptors (Lipinski definition) is 7. The number of carbonyl (C=O) groups excluding carboxylic acids is 1. The summed E-state index contributed by atoms with van der Waals surface area (Å²) in [5.41, 5.74) is 2.09. The van der Waals surface area contributed by atoms with Gasteiger partial charge in [-0.25, -0.2) is 9.97 Å². The first kappa shape index (κ1) is 17.8. The van der Waals surface area contributed by atoms with Crippen LogP contribution in [0.25, 0.3) is 10.2 Å². The van der Waals surface area contributed by atoms with Crippen molar-refractivity contribution in [2.45, 2.75) is 31.8 Å². The fraction of sp³-hybridized carbons (Fsp3) is 0.368. The quantitative estimate of drug-likeness (QED) is 0.607. The summed E-state index contributed by atoms with van der Waals surface area (Å²) < 4.78 is 0.808. The maximum Gasteiger partial charge on any atom is 0.271 e. The van der Waals surface area contributed by atoms with Crippen LogP contribution in [-0.2, 0) is 0 Å². The van der Waals surface area contributed by atoms with Gasteiger partial charge in [0.05, 0.1) is 22.0 Å². The zero-order valence-electron chi connectivity index (χ0n) is 15.1. The molecule has 0 radical (unpaired) electrons. The highest BCUT2D eigenvalue weighted by molar-refractivity contribution is 7.17. The van der Waals surface area contributed by atoms with Gasteiger partial charge in [0.15, 0.2) is 5.69 Å². The number of anilines is 1. The molecule has 3 N–H and O–H groups in total. The van der Waals surface area contributed by atoms with Crippen LogP contribution in [-0.4, -0.2) is 40.0 Å². The van der Waals surface area contributed by atoms with Crippen LogP contribution in [0.5, 0.6) is 0 Å². The number of aromatic nitrogens is 3. The van der Waals surface area contributed by atoms with Gasteiger partial charge < -0.3 is 16.0 Å². The molecule has 2 atom stereocenters. The molecule has 7 nitrogen and oxygen atoms in total. The Kier molecular flexibility index (Phi) is 5.26. The molecule has 27 heavy (non-hydrogen) atoms. The summed E-state index contributed by atoms with van der Waals surface area (Å²) in [6, 6.07) is 7.96. The fourth-order valence-corrected chi connectivity index (χ4v) is 4.03. The average Bonchev–Trinajstić information content (AvgIpc) is 3.37. The van der Waals surface area contributed by atoms with Crippen molar-refractivity contribution in [3.05, 3.63) is 47.2 Å². The molecule has 8 heteroatoms. The van der Waals surface area contributed by atoms with Crippen LogP contribution in [0, 0.1) is 0 Å². The smallest absolute Gasteiger partial charge is 0.271 e. The second-order valence-electron chi connectivity index (χ2n) is 6.65. The molecule has 0 aliphatic carbocycles. The predicted octanol–water partition coefficient (Wildman–Crippen LogP) is 2.74. The Morgan fingerprint density at radius 3 is 3.07 bits per heavy atom. The molecule has 1 fully saturated rings. The monoisotopic (exact) mass is 382 g/mol. The summed E-state index contributed by atoms with van der Waals surface area (Å²) in [4.78, 5) is 26.2. The van der Waals surface area contributed by atoms with E-state index in [0.29, 0.717) is 24.2 Å². The SMILES string of the molecule is C[C@H](Nc1nc(C(=O)NC[C@H]2CCCN2)c2sccc2n1)c1ccccn1. The van der Waals surface area contributed by atoms with Gasteiger partial charge in [-0.05, 0) is 49.9 Å². The first-order chi connectivity index (χ1) is 13.2. The van der Waals surface area contributed by atoms with Crippen molar-refractivity contribution in [1.82, 2.24) is 25.6 Å². The standard InChI is InChI=1S/C19H22N6OS/c1-12(14-6-2-3-8-21-14)23-19-24-15-7-10-27-17(15)16(25-19)18(26)22-11-13-5-4-9-20-13/h2-3,6-8,10,12-13,20H,4-5,9,11H2,1H3,(H,22,26)(H,23,24,25)/t12-,13+/m0/s1. The fourth-order valence-electron chi connectivity index (χ4n) is 3.21. The van der Waals surface area contributed by atoms with Gasteiger partial charge in [0, 0.05) is 18.8 Å². The minimum Gasteiger partial charge on any atom is -0.349 e. The third kappa shape index (κ3) is 4.06. The van der Waals surface area contributed by atoms with E-state index in [1.165, 1.54) is 11.3 Å². The van der Waals surface area contributed by atoms with E-state index >= 15 is 0 Å². The molecule has 0 unspecified atom stereocenters. The molecule has 0 spiro atoms. The van der Waals surface area contributed by atoms with Gasteiger partial charge in [0.1, 0.15) is 0 Å². The molecule has 3 aromatic rings. The lowest BCUT2D eigenvalue weighted by molar-refractivity contribution is 0.0947. The molecule has 1 aliphatic rings. The topological polar surface area (TPSA) is 91.8 Å². The molecular formula is C19H22N6OS. The number of thiophene rings is 1. The average molecular weight is 382 g/mol. The van der Waals surface area contributed by atoms with Gasteiger partial charge in [0.2, 0.25) is 5.95 Å². The van der Waals surface area contributed by atoms with E-state index in [-0.39, 0.29) is 11.9 Å². The number of nitrogens with zero attached hydrogens (tertiary/aromatic N) is 3. The van der Waals surface area contributed by atoms with Crippen LogP contribution in [0.2, 0.25) is 0 Å². The third-order valence-electron chi connectivity index (χ3n) is 4.67. The summed E-state index contributed by atoms with van der Waals surface area (Å²) in [6.45, 7) is 3.63. The lowest BCUT2D eigenvalue weighted by Gasteiger charge is -2.15. The summed E-state index contributed by atoms with van der Waals surface area (Å²) in [6.07, 6.45) is 4.00. The first-order valence-corrected chi connectivity index (χ1v) is 10.0. The number of fused-ring (bicyclic) bond motifs is 1. The van der Waals surface area contributed by atoms with Crippen LogP contribution in [0.4, 0.5) is 5.95 Å². The van der Waals surface area contributed by atoms with Gasteiger partial charge in [-0.2, -0.15) is 0 Å². The summed E-state index contributed by atoms with van der Waals surface area (Å²) >= 11 is 1.48. The Morgan fingerprint density at radius 1 is 1.37 bits per heavy atom. The molecule has 1 saturated heterocycles.